The zero-order chi connectivity index (χ0) is 16.9. The molecule has 5 atom stereocenters. The molecule has 0 amide bonds. The minimum absolute atomic E-state index is 0.191. The molecule has 2 aromatic heterocycles. The van der Waals surface area contributed by atoms with Crippen molar-refractivity contribution < 1.29 is 15.3 Å². The van der Waals surface area contributed by atoms with Crippen molar-refractivity contribution in [2.24, 2.45) is 11.3 Å². The lowest BCUT2D eigenvalue weighted by Crippen LogP contribution is -2.38. The molecular weight excluding hydrogens is 318 g/mol. The number of hydrogen-bond acceptors (Lipinski definition) is 8. The van der Waals surface area contributed by atoms with Crippen LogP contribution in [0.3, 0.4) is 0 Å². The number of aliphatic hydroxyl groups excluding tert-OH is 3. The lowest BCUT2D eigenvalue weighted by molar-refractivity contribution is -0.0470. The van der Waals surface area contributed by atoms with E-state index in [1.807, 2.05) is 13.2 Å². The molecule has 0 saturated heterocycles. The van der Waals surface area contributed by atoms with Gasteiger partial charge in [0.15, 0.2) is 16.6 Å². The van der Waals surface area contributed by atoms with Crippen LogP contribution in [0.5, 0.6) is 0 Å². The van der Waals surface area contributed by atoms with E-state index in [2.05, 4.69) is 15.0 Å². The Bertz CT molecular complexity index is 739. The molecule has 0 aromatic carbocycles. The topological polar surface area (TPSA) is 130 Å². The van der Waals surface area contributed by atoms with Gasteiger partial charge in [-0.25, -0.2) is 15.0 Å². The van der Waals surface area contributed by atoms with E-state index in [-0.39, 0.29) is 18.3 Å². The number of aromatic nitrogens is 4. The Morgan fingerprint density at radius 3 is 2.65 bits per heavy atom. The Morgan fingerprint density at radius 1 is 1.39 bits per heavy atom. The molecule has 0 radical (unpaired) electrons. The molecule has 2 aromatic rings. The molecule has 9 heteroatoms. The first-order chi connectivity index (χ1) is 10.8. The second-order valence-electron chi connectivity index (χ2n) is 6.30. The van der Waals surface area contributed by atoms with Crippen molar-refractivity contribution in [2.45, 2.75) is 37.3 Å². The van der Waals surface area contributed by atoms with Crippen molar-refractivity contribution in [3.63, 3.8) is 0 Å². The SMILES string of the molecule is CSc1nc(N)c2ncn([C@@H]3[C@@H](C)[C@](C)(CO)C(O)[C@@H]3O)c2n1. The molecule has 1 unspecified atom stereocenters. The summed E-state index contributed by atoms with van der Waals surface area (Å²) in [7, 11) is 0. The van der Waals surface area contributed by atoms with Gasteiger partial charge in [0.25, 0.3) is 0 Å². The highest BCUT2D eigenvalue weighted by atomic mass is 32.2. The van der Waals surface area contributed by atoms with Crippen molar-refractivity contribution in [3.05, 3.63) is 6.33 Å². The number of thioether (sulfide) groups is 1. The van der Waals surface area contributed by atoms with E-state index in [0.717, 1.165) is 0 Å². The molecule has 1 fully saturated rings. The van der Waals surface area contributed by atoms with Gasteiger partial charge in [-0.15, -0.1) is 0 Å². The number of imidazole rings is 1. The van der Waals surface area contributed by atoms with Gasteiger partial charge in [-0.05, 0) is 12.2 Å². The lowest BCUT2D eigenvalue weighted by Gasteiger charge is -2.31. The van der Waals surface area contributed by atoms with Crippen LogP contribution in [0.25, 0.3) is 11.2 Å². The Morgan fingerprint density at radius 2 is 2.09 bits per heavy atom. The van der Waals surface area contributed by atoms with Crippen molar-refractivity contribution in [1.29, 1.82) is 0 Å². The maximum absolute atomic E-state index is 10.5. The fourth-order valence-electron chi connectivity index (χ4n) is 3.40. The molecular formula is C14H21N5O3S. The van der Waals surface area contributed by atoms with E-state index in [0.29, 0.717) is 16.3 Å². The van der Waals surface area contributed by atoms with Crippen molar-refractivity contribution in [3.8, 4) is 0 Å². The van der Waals surface area contributed by atoms with E-state index >= 15 is 0 Å². The van der Waals surface area contributed by atoms with E-state index in [1.54, 1.807) is 17.8 Å². The predicted octanol–water partition coefficient (Wildman–Crippen LogP) is 0.0416. The zero-order valence-electron chi connectivity index (χ0n) is 13.2. The van der Waals surface area contributed by atoms with Crippen molar-refractivity contribution in [2.75, 3.05) is 18.6 Å². The third-order valence-corrected chi connectivity index (χ3v) is 5.72. The van der Waals surface area contributed by atoms with Gasteiger partial charge in [-0.2, -0.15) is 0 Å². The maximum atomic E-state index is 10.5. The minimum Gasteiger partial charge on any atom is -0.396 e. The Kier molecular flexibility index (Phi) is 3.99. The smallest absolute Gasteiger partial charge is 0.191 e. The number of nitrogens with two attached hydrogens (primary N) is 1. The molecule has 23 heavy (non-hydrogen) atoms. The molecule has 0 bridgehead atoms. The van der Waals surface area contributed by atoms with E-state index in [4.69, 9.17) is 5.73 Å². The van der Waals surface area contributed by atoms with Gasteiger partial charge >= 0.3 is 0 Å². The highest BCUT2D eigenvalue weighted by Crippen LogP contribution is 2.49. The van der Waals surface area contributed by atoms with Gasteiger partial charge in [0.2, 0.25) is 0 Å². The van der Waals surface area contributed by atoms with Gasteiger partial charge in [-0.3, -0.25) is 0 Å². The van der Waals surface area contributed by atoms with Crippen LogP contribution in [-0.4, -0.2) is 59.9 Å². The second-order valence-corrected chi connectivity index (χ2v) is 7.07. The first kappa shape index (κ1) is 16.4. The van der Waals surface area contributed by atoms with Crippen LogP contribution in [-0.2, 0) is 0 Å². The quantitative estimate of drug-likeness (QED) is 0.455. The first-order valence-corrected chi connectivity index (χ1v) is 8.58. The van der Waals surface area contributed by atoms with E-state index in [1.165, 1.54) is 11.8 Å². The van der Waals surface area contributed by atoms with Crippen LogP contribution in [0.1, 0.15) is 19.9 Å². The summed E-state index contributed by atoms with van der Waals surface area (Å²) >= 11 is 1.36. The molecule has 1 saturated carbocycles. The summed E-state index contributed by atoms with van der Waals surface area (Å²) in [5.74, 6) is 0.0903. The molecule has 2 heterocycles. The standard InChI is InChI=1S/C14H21N5O3S/c1-6-8(9(21)10(22)14(6,2)4-20)19-5-16-7-11(15)17-13(23-3)18-12(7)19/h5-6,8-10,20-22H,4H2,1-3H3,(H2,15,17,18)/t6-,8-,9-,10?,14+/m1/s1. The molecule has 1 aliphatic rings. The Hall–Kier alpha value is -1.42. The predicted molar refractivity (Wildman–Crippen MR) is 86.9 cm³/mol. The fourth-order valence-corrected chi connectivity index (χ4v) is 3.77. The van der Waals surface area contributed by atoms with Gasteiger partial charge in [0.05, 0.1) is 25.1 Å². The van der Waals surface area contributed by atoms with Crippen LogP contribution in [0.15, 0.2) is 11.5 Å². The number of rotatable bonds is 3. The molecule has 126 valence electrons. The summed E-state index contributed by atoms with van der Waals surface area (Å²) in [6.45, 7) is 3.44. The Balaban J connectivity index is 2.15. The maximum Gasteiger partial charge on any atom is 0.191 e. The first-order valence-electron chi connectivity index (χ1n) is 7.36. The zero-order valence-corrected chi connectivity index (χ0v) is 14.0. The number of aliphatic hydroxyl groups is 3. The van der Waals surface area contributed by atoms with Gasteiger partial charge < -0.3 is 25.6 Å². The van der Waals surface area contributed by atoms with E-state index in [9.17, 15) is 15.3 Å². The summed E-state index contributed by atoms with van der Waals surface area (Å²) in [5, 5.41) is 31.1. The Labute approximate surface area is 137 Å². The van der Waals surface area contributed by atoms with Crippen LogP contribution in [0, 0.1) is 11.3 Å². The van der Waals surface area contributed by atoms with Gasteiger partial charge in [-0.1, -0.05) is 25.6 Å². The number of fused-ring (bicyclic) bond motifs is 1. The highest BCUT2D eigenvalue weighted by Gasteiger charge is 2.55. The third-order valence-electron chi connectivity index (χ3n) is 5.17. The molecule has 0 aliphatic heterocycles. The fraction of sp³-hybridized carbons (Fsp3) is 0.643. The lowest BCUT2D eigenvalue weighted by atomic mass is 9.79. The van der Waals surface area contributed by atoms with Crippen LogP contribution in [0.2, 0.25) is 0 Å². The number of anilines is 1. The average Bonchev–Trinajstić information content (AvgIpc) is 3.03. The minimum atomic E-state index is -1.04. The molecule has 1 aliphatic carbocycles. The third kappa shape index (κ3) is 2.22. The number of nitrogens with zero attached hydrogens (tertiary/aromatic N) is 4. The molecule has 5 N–H and O–H groups in total. The molecule has 3 rings (SSSR count). The summed E-state index contributed by atoms with van der Waals surface area (Å²) < 4.78 is 1.73. The van der Waals surface area contributed by atoms with Crippen molar-refractivity contribution in [1.82, 2.24) is 19.5 Å². The van der Waals surface area contributed by atoms with Crippen LogP contribution < -0.4 is 5.73 Å². The van der Waals surface area contributed by atoms with Gasteiger partial charge in [0.1, 0.15) is 11.6 Å². The van der Waals surface area contributed by atoms with Crippen LogP contribution >= 0.6 is 11.8 Å². The summed E-state index contributed by atoms with van der Waals surface area (Å²) in [6, 6.07) is -0.462. The van der Waals surface area contributed by atoms with E-state index < -0.39 is 23.7 Å². The highest BCUT2D eigenvalue weighted by molar-refractivity contribution is 7.98. The summed E-state index contributed by atoms with van der Waals surface area (Å²) in [5.41, 5.74) is 6.11. The summed E-state index contributed by atoms with van der Waals surface area (Å²) in [4.78, 5) is 12.9. The molecule has 8 nitrogen and oxygen atoms in total. The monoisotopic (exact) mass is 339 g/mol. The summed E-state index contributed by atoms with van der Waals surface area (Å²) in [6.07, 6.45) is 1.33. The normalized spacial score (nSPS) is 34.3. The van der Waals surface area contributed by atoms with Gasteiger partial charge in [0, 0.05) is 5.41 Å². The number of hydrogen-bond donors (Lipinski definition) is 4. The van der Waals surface area contributed by atoms with Crippen LogP contribution in [0.4, 0.5) is 5.82 Å². The van der Waals surface area contributed by atoms with Crippen molar-refractivity contribution >= 4 is 28.7 Å². The second kappa shape index (κ2) is 5.59. The average molecular weight is 339 g/mol. The molecule has 0 spiro atoms. The largest absolute Gasteiger partial charge is 0.396 e. The number of nitrogen functional groups attached to an aromatic ring is 1.